The molecule has 0 saturated carbocycles. The van der Waals surface area contributed by atoms with Crippen molar-refractivity contribution in [1.29, 1.82) is 0 Å². The van der Waals surface area contributed by atoms with Crippen LogP contribution in [0.25, 0.3) is 16.6 Å². The fourth-order valence-electron chi connectivity index (χ4n) is 4.04. The Labute approximate surface area is 156 Å². The van der Waals surface area contributed by atoms with Gasteiger partial charge in [-0.15, -0.1) is 0 Å². The minimum atomic E-state index is -0.917. The monoisotopic (exact) mass is 366 g/mol. The van der Waals surface area contributed by atoms with E-state index in [1.807, 2.05) is 42.6 Å². The predicted octanol–water partition coefficient (Wildman–Crippen LogP) is 2.51. The average molecular weight is 366 g/mol. The second kappa shape index (κ2) is 6.64. The lowest BCUT2D eigenvalue weighted by atomic mass is 10.1. The lowest BCUT2D eigenvalue weighted by molar-refractivity contribution is -0.148. The molecule has 1 aromatic carbocycles. The number of hydrogen-bond donors (Lipinski definition) is 1. The second-order valence-corrected chi connectivity index (χ2v) is 7.10. The van der Waals surface area contributed by atoms with Gasteiger partial charge in [-0.2, -0.15) is 5.10 Å². The van der Waals surface area contributed by atoms with Crippen LogP contribution in [-0.2, 0) is 16.0 Å². The zero-order chi connectivity index (χ0) is 19.1. The maximum Gasteiger partial charge on any atom is 0.326 e. The highest BCUT2D eigenvalue weighted by Crippen LogP contribution is 2.24. The van der Waals surface area contributed by atoms with Gasteiger partial charge in [0, 0.05) is 29.7 Å². The zero-order valence-electron chi connectivity index (χ0n) is 15.5. The topological polar surface area (TPSA) is 87.8 Å². The van der Waals surface area contributed by atoms with Crippen molar-refractivity contribution in [3.8, 4) is 0 Å². The SMILES string of the molecule is Cc1nc2c3ccccc3nn2c(C)c1CCC(=O)N1CCCC1C(=O)O. The summed E-state index contributed by atoms with van der Waals surface area (Å²) in [6.45, 7) is 4.46. The molecular weight excluding hydrogens is 344 g/mol. The predicted molar refractivity (Wildman–Crippen MR) is 101 cm³/mol. The van der Waals surface area contributed by atoms with Crippen LogP contribution in [0.2, 0.25) is 0 Å². The maximum atomic E-state index is 12.6. The van der Waals surface area contributed by atoms with E-state index < -0.39 is 12.0 Å². The van der Waals surface area contributed by atoms with Crippen LogP contribution in [0.3, 0.4) is 0 Å². The van der Waals surface area contributed by atoms with E-state index in [-0.39, 0.29) is 12.3 Å². The molecule has 3 heterocycles. The van der Waals surface area contributed by atoms with Gasteiger partial charge in [-0.05, 0) is 50.8 Å². The van der Waals surface area contributed by atoms with Crippen molar-refractivity contribution in [1.82, 2.24) is 19.5 Å². The Bertz CT molecular complexity index is 1060. The van der Waals surface area contributed by atoms with Gasteiger partial charge in [-0.3, -0.25) is 4.79 Å². The Morgan fingerprint density at radius 2 is 2.04 bits per heavy atom. The van der Waals surface area contributed by atoms with Crippen LogP contribution < -0.4 is 0 Å². The first-order valence-electron chi connectivity index (χ1n) is 9.23. The standard InChI is InChI=1S/C20H22N4O3/c1-12-14(9-10-18(25)23-11-5-8-17(23)20(26)27)13(2)24-19(21-12)15-6-3-4-7-16(15)22-24/h3-4,6-7,17H,5,8-11H2,1-2H3,(H,26,27). The number of amides is 1. The first-order chi connectivity index (χ1) is 13.0. The molecule has 7 heteroatoms. The average Bonchev–Trinajstić information content (AvgIpc) is 3.27. The zero-order valence-corrected chi connectivity index (χ0v) is 15.5. The van der Waals surface area contributed by atoms with E-state index in [1.165, 1.54) is 4.90 Å². The first kappa shape index (κ1) is 17.5. The van der Waals surface area contributed by atoms with Crippen LogP contribution in [-0.4, -0.2) is 49.1 Å². The van der Waals surface area contributed by atoms with Gasteiger partial charge >= 0.3 is 5.97 Å². The van der Waals surface area contributed by atoms with Crippen LogP contribution in [0, 0.1) is 13.8 Å². The van der Waals surface area contributed by atoms with Crippen molar-refractivity contribution in [3.63, 3.8) is 0 Å². The van der Waals surface area contributed by atoms with E-state index in [4.69, 9.17) is 4.98 Å². The van der Waals surface area contributed by atoms with E-state index in [1.54, 1.807) is 0 Å². The number of nitrogens with zero attached hydrogens (tertiary/aromatic N) is 4. The molecule has 0 aliphatic carbocycles. The van der Waals surface area contributed by atoms with Crippen LogP contribution in [0.4, 0.5) is 0 Å². The Morgan fingerprint density at radius 1 is 1.26 bits per heavy atom. The highest BCUT2D eigenvalue weighted by atomic mass is 16.4. The molecule has 1 N–H and O–H groups in total. The summed E-state index contributed by atoms with van der Waals surface area (Å²) in [5.41, 5.74) is 4.56. The summed E-state index contributed by atoms with van der Waals surface area (Å²) in [7, 11) is 0. The molecule has 4 rings (SSSR count). The van der Waals surface area contributed by atoms with Gasteiger partial charge in [0.1, 0.15) is 6.04 Å². The number of likely N-dealkylation sites (tertiary alicyclic amines) is 1. The van der Waals surface area contributed by atoms with Crippen molar-refractivity contribution < 1.29 is 14.7 Å². The van der Waals surface area contributed by atoms with Crippen molar-refractivity contribution >= 4 is 28.4 Å². The molecule has 1 unspecified atom stereocenters. The third-order valence-corrected chi connectivity index (χ3v) is 5.47. The molecule has 27 heavy (non-hydrogen) atoms. The van der Waals surface area contributed by atoms with Gasteiger partial charge in [0.25, 0.3) is 0 Å². The largest absolute Gasteiger partial charge is 0.480 e. The number of carbonyl (C=O) groups is 2. The van der Waals surface area contributed by atoms with E-state index in [0.717, 1.165) is 39.9 Å². The molecule has 0 radical (unpaired) electrons. The van der Waals surface area contributed by atoms with Gasteiger partial charge in [-0.25, -0.2) is 14.3 Å². The number of benzene rings is 1. The Kier molecular flexibility index (Phi) is 4.30. The number of hydrogen-bond acceptors (Lipinski definition) is 4. The molecular formula is C20H22N4O3. The number of carbonyl (C=O) groups excluding carboxylic acids is 1. The van der Waals surface area contributed by atoms with Gasteiger partial charge in [0.15, 0.2) is 5.65 Å². The van der Waals surface area contributed by atoms with Crippen molar-refractivity contribution in [2.24, 2.45) is 0 Å². The van der Waals surface area contributed by atoms with Gasteiger partial charge < -0.3 is 10.0 Å². The van der Waals surface area contributed by atoms with Gasteiger partial charge in [-0.1, -0.05) is 12.1 Å². The lowest BCUT2D eigenvalue weighted by Crippen LogP contribution is -2.40. The number of rotatable bonds is 4. The molecule has 140 valence electrons. The minimum Gasteiger partial charge on any atom is -0.480 e. The summed E-state index contributed by atoms with van der Waals surface area (Å²) in [6, 6.07) is 7.20. The Hall–Kier alpha value is -2.96. The van der Waals surface area contributed by atoms with Crippen molar-refractivity contribution in [2.45, 2.75) is 45.6 Å². The van der Waals surface area contributed by atoms with E-state index in [9.17, 15) is 14.7 Å². The molecule has 3 aromatic rings. The number of carboxylic acid groups (broad SMARTS) is 1. The van der Waals surface area contributed by atoms with E-state index >= 15 is 0 Å². The van der Waals surface area contributed by atoms with Crippen molar-refractivity contribution in [3.05, 3.63) is 41.2 Å². The summed E-state index contributed by atoms with van der Waals surface area (Å²) >= 11 is 0. The smallest absolute Gasteiger partial charge is 0.326 e. The van der Waals surface area contributed by atoms with Crippen LogP contribution >= 0.6 is 0 Å². The van der Waals surface area contributed by atoms with Crippen LogP contribution in [0.15, 0.2) is 24.3 Å². The molecule has 7 nitrogen and oxygen atoms in total. The Morgan fingerprint density at radius 3 is 2.81 bits per heavy atom. The third kappa shape index (κ3) is 2.93. The lowest BCUT2D eigenvalue weighted by Gasteiger charge is -2.21. The summed E-state index contributed by atoms with van der Waals surface area (Å²) in [6.07, 6.45) is 2.08. The minimum absolute atomic E-state index is 0.107. The fraction of sp³-hybridized carbons (Fsp3) is 0.400. The molecule has 1 aliphatic rings. The summed E-state index contributed by atoms with van der Waals surface area (Å²) in [5.74, 6) is -1.02. The third-order valence-electron chi connectivity index (χ3n) is 5.47. The highest BCUT2D eigenvalue weighted by Gasteiger charge is 2.33. The van der Waals surface area contributed by atoms with Gasteiger partial charge in [0.05, 0.1) is 5.52 Å². The number of fused-ring (bicyclic) bond motifs is 3. The molecule has 0 bridgehead atoms. The van der Waals surface area contributed by atoms with Crippen LogP contribution in [0.1, 0.15) is 36.2 Å². The summed E-state index contributed by atoms with van der Waals surface area (Å²) < 4.78 is 1.84. The van der Waals surface area contributed by atoms with E-state index in [0.29, 0.717) is 19.4 Å². The fourth-order valence-corrected chi connectivity index (χ4v) is 4.04. The van der Waals surface area contributed by atoms with Crippen molar-refractivity contribution in [2.75, 3.05) is 6.54 Å². The van der Waals surface area contributed by atoms with Crippen LogP contribution in [0.5, 0.6) is 0 Å². The summed E-state index contributed by atoms with van der Waals surface area (Å²) in [4.78, 5) is 30.1. The number of carboxylic acids is 1. The van der Waals surface area contributed by atoms with Gasteiger partial charge in [0.2, 0.25) is 5.91 Å². The van der Waals surface area contributed by atoms with E-state index in [2.05, 4.69) is 5.10 Å². The molecule has 1 fully saturated rings. The number of aryl methyl sites for hydroxylation is 2. The number of aromatic nitrogens is 3. The quantitative estimate of drug-likeness (QED) is 0.766. The molecule has 1 aliphatic heterocycles. The Balaban J connectivity index is 1.61. The second-order valence-electron chi connectivity index (χ2n) is 7.10. The molecule has 0 spiro atoms. The number of aliphatic carboxylic acids is 1. The first-order valence-corrected chi connectivity index (χ1v) is 9.23. The maximum absolute atomic E-state index is 12.6. The molecule has 1 atom stereocenters. The molecule has 1 amide bonds. The summed E-state index contributed by atoms with van der Waals surface area (Å²) in [5, 5.41) is 14.9. The molecule has 2 aromatic heterocycles. The normalized spacial score (nSPS) is 17.1. The highest BCUT2D eigenvalue weighted by molar-refractivity contribution is 5.92. The molecule has 1 saturated heterocycles.